The van der Waals surface area contributed by atoms with Gasteiger partial charge in [0, 0.05) is 12.6 Å². The molecule has 0 fully saturated rings. The fourth-order valence-electron chi connectivity index (χ4n) is 1.15. The fraction of sp³-hybridized carbons (Fsp3) is 1.00. The van der Waals surface area contributed by atoms with E-state index in [-0.39, 0.29) is 17.7 Å². The molecule has 0 bridgehead atoms. The molecule has 3 N–H and O–H groups in total. The topological polar surface area (TPSA) is 72.2 Å². The molecule has 0 saturated heterocycles. The highest BCUT2D eigenvalue weighted by Gasteiger charge is 2.11. The molecule has 0 amide bonds. The van der Waals surface area contributed by atoms with Gasteiger partial charge in [0.2, 0.25) is 10.0 Å². The van der Waals surface area contributed by atoms with Crippen molar-refractivity contribution >= 4 is 10.0 Å². The zero-order chi connectivity index (χ0) is 11.2. The third-order valence-corrected chi connectivity index (χ3v) is 3.46. The van der Waals surface area contributed by atoms with Crippen LogP contribution in [0.25, 0.3) is 0 Å². The van der Waals surface area contributed by atoms with Crippen molar-refractivity contribution in [3.8, 4) is 0 Å². The predicted octanol–water partition coefficient (Wildman–Crippen LogP) is 0.689. The van der Waals surface area contributed by atoms with Gasteiger partial charge >= 0.3 is 0 Å². The third kappa shape index (κ3) is 8.47. The molecule has 1 unspecified atom stereocenters. The second kappa shape index (κ2) is 6.37. The van der Waals surface area contributed by atoms with E-state index in [0.717, 1.165) is 12.8 Å². The van der Waals surface area contributed by atoms with E-state index in [9.17, 15) is 8.42 Å². The lowest BCUT2D eigenvalue weighted by atomic mass is 10.2. The highest BCUT2D eigenvalue weighted by atomic mass is 32.2. The summed E-state index contributed by atoms with van der Waals surface area (Å²) in [6, 6.07) is 0.143. The van der Waals surface area contributed by atoms with Gasteiger partial charge in [0.05, 0.1) is 5.75 Å². The van der Waals surface area contributed by atoms with E-state index in [2.05, 4.69) is 4.72 Å². The van der Waals surface area contributed by atoms with Crippen LogP contribution in [0.3, 0.4) is 0 Å². The Morgan fingerprint density at radius 3 is 2.29 bits per heavy atom. The van der Waals surface area contributed by atoms with Crippen LogP contribution in [0.2, 0.25) is 0 Å². The monoisotopic (exact) mass is 222 g/mol. The molecule has 0 aromatic rings. The smallest absolute Gasteiger partial charge is 0.211 e. The van der Waals surface area contributed by atoms with Gasteiger partial charge in [-0.05, 0) is 25.7 Å². The minimum atomic E-state index is -3.07. The van der Waals surface area contributed by atoms with Crippen molar-refractivity contribution in [2.24, 2.45) is 11.7 Å². The first-order valence-electron chi connectivity index (χ1n) is 5.06. The normalized spacial score (nSPS) is 14.6. The van der Waals surface area contributed by atoms with Crippen molar-refractivity contribution in [3.05, 3.63) is 0 Å². The van der Waals surface area contributed by atoms with Gasteiger partial charge in [0.1, 0.15) is 0 Å². The van der Waals surface area contributed by atoms with Crippen LogP contribution >= 0.6 is 0 Å². The molecule has 86 valence electrons. The maximum Gasteiger partial charge on any atom is 0.211 e. The lowest BCUT2D eigenvalue weighted by Gasteiger charge is -2.09. The molecule has 0 radical (unpaired) electrons. The van der Waals surface area contributed by atoms with Crippen molar-refractivity contribution in [1.82, 2.24) is 4.72 Å². The summed E-state index contributed by atoms with van der Waals surface area (Å²) in [4.78, 5) is 0. The number of rotatable bonds is 7. The van der Waals surface area contributed by atoms with Gasteiger partial charge in [-0.2, -0.15) is 0 Å². The second-order valence-electron chi connectivity index (χ2n) is 4.19. The van der Waals surface area contributed by atoms with Crippen LogP contribution in [0.1, 0.15) is 33.6 Å². The van der Waals surface area contributed by atoms with Crippen molar-refractivity contribution < 1.29 is 8.42 Å². The molecule has 0 spiro atoms. The number of nitrogens with one attached hydrogen (secondary N) is 1. The lowest BCUT2D eigenvalue weighted by Crippen LogP contribution is -2.30. The minimum Gasteiger partial charge on any atom is -0.328 e. The van der Waals surface area contributed by atoms with Gasteiger partial charge in [-0.3, -0.25) is 0 Å². The summed E-state index contributed by atoms with van der Waals surface area (Å²) in [7, 11) is -3.07. The van der Waals surface area contributed by atoms with Gasteiger partial charge in [0.15, 0.2) is 0 Å². The maximum atomic E-state index is 11.3. The average molecular weight is 222 g/mol. The molecule has 0 saturated carbocycles. The van der Waals surface area contributed by atoms with Crippen LogP contribution in [-0.2, 0) is 10.0 Å². The van der Waals surface area contributed by atoms with Crippen molar-refractivity contribution in [1.29, 1.82) is 0 Å². The molecule has 1 atom stereocenters. The van der Waals surface area contributed by atoms with Crippen LogP contribution in [0.15, 0.2) is 0 Å². The van der Waals surface area contributed by atoms with Gasteiger partial charge < -0.3 is 5.73 Å². The Balaban J connectivity index is 3.67. The van der Waals surface area contributed by atoms with Gasteiger partial charge in [-0.25, -0.2) is 13.1 Å². The quantitative estimate of drug-likeness (QED) is 0.622. The molecule has 0 aliphatic rings. The first-order chi connectivity index (χ1) is 6.33. The Labute approximate surface area is 87.3 Å². The fourth-order valence-corrected chi connectivity index (χ4v) is 2.60. The summed E-state index contributed by atoms with van der Waals surface area (Å²) < 4.78 is 25.2. The van der Waals surface area contributed by atoms with E-state index in [4.69, 9.17) is 5.73 Å². The second-order valence-corrected chi connectivity index (χ2v) is 6.04. The average Bonchev–Trinajstić information content (AvgIpc) is 1.95. The Bertz CT molecular complexity index is 235. The van der Waals surface area contributed by atoms with Gasteiger partial charge in [0.25, 0.3) is 0 Å². The van der Waals surface area contributed by atoms with Gasteiger partial charge in [-0.15, -0.1) is 0 Å². The molecule has 0 aliphatic carbocycles. The summed E-state index contributed by atoms with van der Waals surface area (Å²) in [5.74, 6) is 0.367. The standard InChI is InChI=1S/C9H22N2O2S/c1-8(2)7-14(12,13)11-6-4-5-9(3)10/h8-9,11H,4-7,10H2,1-3H3. The Hall–Kier alpha value is -0.130. The largest absolute Gasteiger partial charge is 0.328 e. The summed E-state index contributed by atoms with van der Waals surface area (Å²) in [5, 5.41) is 0. The highest BCUT2D eigenvalue weighted by Crippen LogP contribution is 1.98. The Morgan fingerprint density at radius 1 is 1.29 bits per heavy atom. The maximum absolute atomic E-state index is 11.3. The van der Waals surface area contributed by atoms with Crippen LogP contribution in [0.4, 0.5) is 0 Å². The zero-order valence-electron chi connectivity index (χ0n) is 9.29. The van der Waals surface area contributed by atoms with E-state index in [1.807, 2.05) is 20.8 Å². The first-order valence-corrected chi connectivity index (χ1v) is 6.71. The molecule has 0 aliphatic heterocycles. The summed E-state index contributed by atoms with van der Waals surface area (Å²) in [6.07, 6.45) is 1.65. The molecule has 4 nitrogen and oxygen atoms in total. The molecule has 0 heterocycles. The molecule has 0 aromatic heterocycles. The van der Waals surface area contributed by atoms with Crippen molar-refractivity contribution in [3.63, 3.8) is 0 Å². The SMILES string of the molecule is CC(C)CS(=O)(=O)NCCCC(C)N. The summed E-state index contributed by atoms with van der Waals surface area (Å²) >= 11 is 0. The number of sulfonamides is 1. The van der Waals surface area contributed by atoms with Crippen LogP contribution < -0.4 is 10.5 Å². The minimum absolute atomic E-state index is 0.143. The van der Waals surface area contributed by atoms with E-state index < -0.39 is 10.0 Å². The zero-order valence-corrected chi connectivity index (χ0v) is 10.1. The molecule has 5 heteroatoms. The first kappa shape index (κ1) is 13.9. The van der Waals surface area contributed by atoms with Crippen LogP contribution in [-0.4, -0.2) is 26.8 Å². The summed E-state index contributed by atoms with van der Waals surface area (Å²) in [5.41, 5.74) is 5.55. The van der Waals surface area contributed by atoms with E-state index in [0.29, 0.717) is 6.54 Å². The van der Waals surface area contributed by atoms with Gasteiger partial charge in [-0.1, -0.05) is 13.8 Å². The number of hydrogen-bond acceptors (Lipinski definition) is 3. The van der Waals surface area contributed by atoms with Crippen molar-refractivity contribution in [2.45, 2.75) is 39.7 Å². The highest BCUT2D eigenvalue weighted by molar-refractivity contribution is 7.89. The summed E-state index contributed by atoms with van der Waals surface area (Å²) in [6.45, 7) is 6.20. The van der Waals surface area contributed by atoms with Crippen molar-refractivity contribution in [2.75, 3.05) is 12.3 Å². The predicted molar refractivity (Wildman–Crippen MR) is 59.5 cm³/mol. The molecular formula is C9H22N2O2S. The Morgan fingerprint density at radius 2 is 1.86 bits per heavy atom. The third-order valence-electron chi connectivity index (χ3n) is 1.71. The van der Waals surface area contributed by atoms with E-state index in [1.54, 1.807) is 0 Å². The van der Waals surface area contributed by atoms with E-state index in [1.165, 1.54) is 0 Å². The number of hydrogen-bond donors (Lipinski definition) is 2. The lowest BCUT2D eigenvalue weighted by molar-refractivity contribution is 0.557. The molecule has 14 heavy (non-hydrogen) atoms. The van der Waals surface area contributed by atoms with Crippen LogP contribution in [0.5, 0.6) is 0 Å². The number of nitrogens with two attached hydrogens (primary N) is 1. The molecular weight excluding hydrogens is 200 g/mol. The molecule has 0 aromatic carbocycles. The van der Waals surface area contributed by atoms with Crippen LogP contribution in [0, 0.1) is 5.92 Å². The van der Waals surface area contributed by atoms with E-state index >= 15 is 0 Å². The molecule has 0 rings (SSSR count). The Kier molecular flexibility index (Phi) is 6.31.